The predicted molar refractivity (Wildman–Crippen MR) is 76.7 cm³/mol. The molecule has 0 heterocycles. The Balaban J connectivity index is 2.28. The second-order valence-corrected chi connectivity index (χ2v) is 6.02. The Labute approximate surface area is 124 Å². The highest BCUT2D eigenvalue weighted by molar-refractivity contribution is 6.30. The lowest BCUT2D eigenvalue weighted by molar-refractivity contribution is 0.0432. The molecule has 0 aromatic heterocycles. The van der Waals surface area contributed by atoms with Crippen molar-refractivity contribution in [3.63, 3.8) is 0 Å². The van der Waals surface area contributed by atoms with Crippen LogP contribution >= 0.6 is 11.6 Å². The van der Waals surface area contributed by atoms with Gasteiger partial charge in [0, 0.05) is 0 Å². The van der Waals surface area contributed by atoms with Gasteiger partial charge in [0.15, 0.2) is 0 Å². The van der Waals surface area contributed by atoms with Crippen LogP contribution in [0.1, 0.15) is 56.6 Å². The number of hydrogen-bond donors (Lipinski definition) is 1. The zero-order valence-electron chi connectivity index (χ0n) is 11.4. The van der Waals surface area contributed by atoms with Crippen molar-refractivity contribution in [2.75, 3.05) is 0 Å². The van der Waals surface area contributed by atoms with Crippen molar-refractivity contribution >= 4 is 11.6 Å². The zero-order chi connectivity index (χ0) is 14.6. The van der Waals surface area contributed by atoms with E-state index in [-0.39, 0.29) is 5.02 Å². The molecule has 20 heavy (non-hydrogen) atoms. The molecular weight excluding hydrogens is 277 g/mol. The van der Waals surface area contributed by atoms with Crippen LogP contribution in [0.25, 0.3) is 0 Å². The smallest absolute Gasteiger partial charge is 0.142 e. The number of aliphatic hydroxyl groups excluding tert-OH is 1. The summed E-state index contributed by atoms with van der Waals surface area (Å²) >= 11 is 5.67. The fourth-order valence-corrected chi connectivity index (χ4v) is 3.10. The molecule has 2 nitrogen and oxygen atoms in total. The second kappa shape index (κ2) is 6.56. The maximum Gasteiger partial charge on any atom is 0.142 e. The molecule has 0 amide bonds. The van der Waals surface area contributed by atoms with E-state index in [1.165, 1.54) is 18.6 Å². The van der Waals surface area contributed by atoms with Crippen molar-refractivity contribution in [2.24, 2.45) is 5.41 Å². The van der Waals surface area contributed by atoms with Crippen LogP contribution < -0.4 is 0 Å². The fraction of sp³-hybridized carbons (Fsp3) is 0.562. The molecule has 1 aliphatic carbocycles. The second-order valence-electron chi connectivity index (χ2n) is 5.61. The Bertz CT molecular complexity index is 504. The van der Waals surface area contributed by atoms with Crippen LogP contribution in [0.2, 0.25) is 5.02 Å². The molecule has 0 saturated heterocycles. The van der Waals surface area contributed by atoms with Gasteiger partial charge in [0.1, 0.15) is 5.82 Å². The van der Waals surface area contributed by atoms with Crippen molar-refractivity contribution in [3.05, 3.63) is 34.6 Å². The van der Waals surface area contributed by atoms with Gasteiger partial charge in [0.2, 0.25) is 0 Å². The highest BCUT2D eigenvalue weighted by Gasteiger charge is 2.39. The first kappa shape index (κ1) is 15.3. The summed E-state index contributed by atoms with van der Waals surface area (Å²) in [6.45, 7) is 0. The summed E-state index contributed by atoms with van der Waals surface area (Å²) in [4.78, 5) is 0. The third-order valence-electron chi connectivity index (χ3n) is 4.25. The topological polar surface area (TPSA) is 44.0 Å². The third-order valence-corrected chi connectivity index (χ3v) is 4.56. The Morgan fingerprint density at radius 3 is 2.35 bits per heavy atom. The van der Waals surface area contributed by atoms with Crippen molar-refractivity contribution < 1.29 is 9.50 Å². The minimum Gasteiger partial charge on any atom is -0.387 e. The maximum atomic E-state index is 13.6. The van der Waals surface area contributed by atoms with Gasteiger partial charge in [-0.3, -0.25) is 0 Å². The lowest BCUT2D eigenvalue weighted by Gasteiger charge is -2.33. The van der Waals surface area contributed by atoms with E-state index in [9.17, 15) is 14.8 Å². The van der Waals surface area contributed by atoms with Gasteiger partial charge in [-0.05, 0) is 30.5 Å². The normalized spacial score (nSPS) is 20.5. The van der Waals surface area contributed by atoms with E-state index in [2.05, 4.69) is 6.07 Å². The largest absolute Gasteiger partial charge is 0.387 e. The van der Waals surface area contributed by atoms with Crippen LogP contribution in [-0.2, 0) is 0 Å². The number of nitriles is 1. The van der Waals surface area contributed by atoms with Gasteiger partial charge in [-0.2, -0.15) is 5.26 Å². The first-order chi connectivity index (χ1) is 9.59. The number of halogens is 2. The van der Waals surface area contributed by atoms with Crippen molar-refractivity contribution in [1.29, 1.82) is 5.26 Å². The number of nitrogens with zero attached hydrogens (tertiary/aromatic N) is 1. The summed E-state index contributed by atoms with van der Waals surface area (Å²) in [6.07, 6.45) is 5.59. The Morgan fingerprint density at radius 2 is 1.80 bits per heavy atom. The average Bonchev–Trinajstić information content (AvgIpc) is 2.42. The molecule has 0 spiro atoms. The zero-order valence-corrected chi connectivity index (χ0v) is 12.2. The summed E-state index contributed by atoms with van der Waals surface area (Å²) in [6, 6.07) is 6.59. The SMILES string of the molecule is N#CC1(C(O)c2ccc(Cl)c(F)c2)CCCCCCC1. The molecule has 1 aliphatic rings. The molecule has 0 aliphatic heterocycles. The quantitative estimate of drug-likeness (QED) is 0.854. The van der Waals surface area contributed by atoms with Crippen LogP contribution in [0.3, 0.4) is 0 Å². The Hall–Kier alpha value is -1.11. The van der Waals surface area contributed by atoms with Crippen LogP contribution in [0.4, 0.5) is 4.39 Å². The minimum absolute atomic E-state index is 0.0321. The molecule has 1 atom stereocenters. The van der Waals surface area contributed by atoms with Gasteiger partial charge < -0.3 is 5.11 Å². The van der Waals surface area contributed by atoms with E-state index in [1.54, 1.807) is 6.07 Å². The van der Waals surface area contributed by atoms with Crippen molar-refractivity contribution in [2.45, 2.75) is 51.0 Å². The lowest BCUT2D eigenvalue weighted by Crippen LogP contribution is -2.28. The number of benzene rings is 1. The van der Waals surface area contributed by atoms with Gasteiger partial charge in [0.25, 0.3) is 0 Å². The van der Waals surface area contributed by atoms with Gasteiger partial charge in [-0.25, -0.2) is 4.39 Å². The maximum absolute atomic E-state index is 13.6. The van der Waals surface area contributed by atoms with Gasteiger partial charge in [-0.15, -0.1) is 0 Å². The van der Waals surface area contributed by atoms with Gasteiger partial charge >= 0.3 is 0 Å². The standard InChI is InChI=1S/C16H19ClFNO/c17-13-7-6-12(10-14(13)18)15(20)16(11-19)8-4-2-1-3-5-9-16/h6-7,10,15,20H,1-5,8-9H2. The molecule has 108 valence electrons. The van der Waals surface area contributed by atoms with E-state index in [0.717, 1.165) is 25.7 Å². The molecular formula is C16H19ClFNO. The van der Waals surface area contributed by atoms with E-state index >= 15 is 0 Å². The van der Waals surface area contributed by atoms with E-state index < -0.39 is 17.3 Å². The summed E-state index contributed by atoms with van der Waals surface area (Å²) in [5.74, 6) is -0.554. The van der Waals surface area contributed by atoms with E-state index in [4.69, 9.17) is 11.6 Å². The minimum atomic E-state index is -0.961. The molecule has 1 fully saturated rings. The molecule has 1 aromatic carbocycles. The highest BCUT2D eigenvalue weighted by Crippen LogP contribution is 2.44. The average molecular weight is 296 g/mol. The highest BCUT2D eigenvalue weighted by atomic mass is 35.5. The van der Waals surface area contributed by atoms with Crippen LogP contribution in [0, 0.1) is 22.6 Å². The van der Waals surface area contributed by atoms with Crippen LogP contribution in [0.5, 0.6) is 0 Å². The summed E-state index contributed by atoms with van der Waals surface area (Å²) in [5, 5.41) is 20.2. The van der Waals surface area contributed by atoms with E-state index in [1.807, 2.05) is 0 Å². The molecule has 0 radical (unpaired) electrons. The monoisotopic (exact) mass is 295 g/mol. The summed E-state index contributed by atoms with van der Waals surface area (Å²) in [7, 11) is 0. The first-order valence-corrected chi connectivity index (χ1v) is 7.51. The van der Waals surface area contributed by atoms with Crippen LogP contribution in [0.15, 0.2) is 18.2 Å². The lowest BCUT2D eigenvalue weighted by atomic mass is 9.71. The Kier molecular flexibility index (Phi) is 5.01. The molecule has 1 saturated carbocycles. The number of aliphatic hydroxyl groups is 1. The number of hydrogen-bond acceptors (Lipinski definition) is 2. The summed E-state index contributed by atoms with van der Waals surface area (Å²) < 4.78 is 13.6. The predicted octanol–water partition coefficient (Wildman–Crippen LogP) is 4.77. The molecule has 1 N–H and O–H groups in total. The third kappa shape index (κ3) is 3.13. The fourth-order valence-electron chi connectivity index (χ4n) is 2.98. The summed E-state index contributed by atoms with van der Waals surface area (Å²) in [5.41, 5.74) is -0.366. The van der Waals surface area contributed by atoms with Crippen molar-refractivity contribution in [3.8, 4) is 6.07 Å². The van der Waals surface area contributed by atoms with Crippen molar-refractivity contribution in [1.82, 2.24) is 0 Å². The first-order valence-electron chi connectivity index (χ1n) is 7.13. The van der Waals surface area contributed by atoms with Gasteiger partial charge in [-0.1, -0.05) is 49.8 Å². The van der Waals surface area contributed by atoms with Gasteiger partial charge in [0.05, 0.1) is 22.6 Å². The van der Waals surface area contributed by atoms with Crippen LogP contribution in [-0.4, -0.2) is 5.11 Å². The molecule has 2 rings (SSSR count). The molecule has 4 heteroatoms. The van der Waals surface area contributed by atoms with E-state index in [0.29, 0.717) is 18.4 Å². The molecule has 1 aromatic rings. The molecule has 0 bridgehead atoms. The Morgan fingerprint density at radius 1 is 1.20 bits per heavy atom. The number of rotatable bonds is 2. The molecule has 1 unspecified atom stereocenters.